The molecule has 0 aliphatic heterocycles. The number of hydrogen-bond donors (Lipinski definition) is 0. The number of rotatable bonds is 1. The van der Waals surface area contributed by atoms with Gasteiger partial charge in [-0.1, -0.05) is 0 Å². The van der Waals surface area contributed by atoms with Crippen LogP contribution in [0.1, 0.15) is 5.69 Å². The monoisotopic (exact) mass is 160 g/mol. The van der Waals surface area contributed by atoms with E-state index in [1.54, 1.807) is 12.1 Å². The fourth-order valence-electron chi connectivity index (χ4n) is 0.839. The molecule has 2 rings (SSSR count). The molecule has 0 saturated carbocycles. The number of hydrogen-bond acceptors (Lipinski definition) is 4. The van der Waals surface area contributed by atoms with Gasteiger partial charge in [-0.3, -0.25) is 0 Å². The van der Waals surface area contributed by atoms with E-state index in [1.807, 2.05) is 6.07 Å². The molecule has 0 radical (unpaired) electrons. The van der Waals surface area contributed by atoms with Crippen molar-refractivity contribution in [2.75, 3.05) is 0 Å². The topological polar surface area (TPSA) is 63.0 Å². The van der Waals surface area contributed by atoms with E-state index >= 15 is 0 Å². The fourth-order valence-corrected chi connectivity index (χ4v) is 0.839. The minimum Gasteiger partial charge on any atom is -0.459 e. The SMILES string of the molecule is N#Cc1coc(-c2ccco2)n1. The zero-order valence-electron chi connectivity index (χ0n) is 6.02. The lowest BCUT2D eigenvalue weighted by atomic mass is 10.4. The summed E-state index contributed by atoms with van der Waals surface area (Å²) in [5.74, 6) is 0.855. The summed E-state index contributed by atoms with van der Waals surface area (Å²) < 4.78 is 9.98. The third-order valence-electron chi connectivity index (χ3n) is 1.35. The largest absolute Gasteiger partial charge is 0.459 e. The maximum atomic E-state index is 8.45. The van der Waals surface area contributed by atoms with Crippen molar-refractivity contribution in [2.24, 2.45) is 0 Å². The van der Waals surface area contributed by atoms with E-state index in [-0.39, 0.29) is 5.69 Å². The van der Waals surface area contributed by atoms with Gasteiger partial charge in [-0.25, -0.2) is 0 Å². The molecule has 0 unspecified atom stereocenters. The highest BCUT2D eigenvalue weighted by molar-refractivity contribution is 5.44. The highest BCUT2D eigenvalue weighted by Gasteiger charge is 2.07. The normalized spacial score (nSPS) is 9.58. The third-order valence-corrected chi connectivity index (χ3v) is 1.35. The summed E-state index contributed by atoms with van der Waals surface area (Å²) in [4.78, 5) is 3.85. The molecule has 58 valence electrons. The average molecular weight is 160 g/mol. The summed E-state index contributed by atoms with van der Waals surface area (Å²) in [6, 6.07) is 5.31. The smallest absolute Gasteiger partial charge is 0.264 e. The second-order valence-corrected chi connectivity index (χ2v) is 2.13. The molecule has 0 bridgehead atoms. The molecule has 4 heteroatoms. The predicted molar refractivity (Wildman–Crippen MR) is 38.9 cm³/mol. The Morgan fingerprint density at radius 2 is 2.33 bits per heavy atom. The van der Waals surface area contributed by atoms with E-state index in [0.29, 0.717) is 11.7 Å². The molecule has 0 aromatic carbocycles. The molecule has 0 aliphatic rings. The number of nitriles is 1. The van der Waals surface area contributed by atoms with Crippen LogP contribution in [-0.4, -0.2) is 4.98 Å². The van der Waals surface area contributed by atoms with Gasteiger partial charge in [0.05, 0.1) is 6.26 Å². The van der Waals surface area contributed by atoms with Gasteiger partial charge in [0.1, 0.15) is 12.3 Å². The number of nitrogens with zero attached hydrogens (tertiary/aromatic N) is 2. The van der Waals surface area contributed by atoms with E-state index in [0.717, 1.165) is 0 Å². The first-order valence-electron chi connectivity index (χ1n) is 3.29. The Bertz CT molecular complexity index is 408. The number of aromatic nitrogens is 1. The van der Waals surface area contributed by atoms with Gasteiger partial charge in [0, 0.05) is 0 Å². The van der Waals surface area contributed by atoms with Crippen LogP contribution in [0.2, 0.25) is 0 Å². The summed E-state index contributed by atoms with van der Waals surface area (Å²) in [6.45, 7) is 0. The predicted octanol–water partition coefficient (Wildman–Crippen LogP) is 1.81. The van der Waals surface area contributed by atoms with Crippen LogP contribution in [-0.2, 0) is 0 Å². The first-order chi connectivity index (χ1) is 5.90. The first-order valence-corrected chi connectivity index (χ1v) is 3.29. The van der Waals surface area contributed by atoms with Gasteiger partial charge in [-0.2, -0.15) is 10.2 Å². The van der Waals surface area contributed by atoms with E-state index in [1.165, 1.54) is 12.5 Å². The van der Waals surface area contributed by atoms with Crippen molar-refractivity contribution in [3.8, 4) is 17.7 Å². The molecule has 2 heterocycles. The highest BCUT2D eigenvalue weighted by atomic mass is 16.4. The van der Waals surface area contributed by atoms with Gasteiger partial charge < -0.3 is 8.83 Å². The van der Waals surface area contributed by atoms with Crippen molar-refractivity contribution in [1.82, 2.24) is 4.98 Å². The molecule has 0 N–H and O–H groups in total. The van der Waals surface area contributed by atoms with Crippen molar-refractivity contribution in [1.29, 1.82) is 5.26 Å². The van der Waals surface area contributed by atoms with Crippen molar-refractivity contribution in [3.05, 3.63) is 30.4 Å². The Morgan fingerprint density at radius 1 is 1.42 bits per heavy atom. The molecule has 0 spiro atoms. The highest BCUT2D eigenvalue weighted by Crippen LogP contribution is 2.17. The Labute approximate surface area is 68.1 Å². The fraction of sp³-hybridized carbons (Fsp3) is 0. The van der Waals surface area contributed by atoms with Crippen molar-refractivity contribution in [2.45, 2.75) is 0 Å². The zero-order valence-corrected chi connectivity index (χ0v) is 6.02. The summed E-state index contributed by atoms with van der Waals surface area (Å²) in [5, 5.41) is 8.45. The van der Waals surface area contributed by atoms with Gasteiger partial charge in [0.2, 0.25) is 0 Å². The van der Waals surface area contributed by atoms with E-state index in [4.69, 9.17) is 14.1 Å². The average Bonchev–Trinajstić information content (AvgIpc) is 2.75. The van der Waals surface area contributed by atoms with Crippen LogP contribution in [0.25, 0.3) is 11.7 Å². The van der Waals surface area contributed by atoms with Gasteiger partial charge in [0.15, 0.2) is 11.5 Å². The van der Waals surface area contributed by atoms with Crippen LogP contribution in [0.15, 0.2) is 33.5 Å². The Kier molecular flexibility index (Phi) is 1.42. The van der Waals surface area contributed by atoms with Gasteiger partial charge >= 0.3 is 0 Å². The summed E-state index contributed by atoms with van der Waals surface area (Å²) >= 11 is 0. The lowest BCUT2D eigenvalue weighted by Crippen LogP contribution is -1.73. The maximum Gasteiger partial charge on any atom is 0.264 e. The molecule has 2 aromatic heterocycles. The standard InChI is InChI=1S/C8H4N2O2/c9-4-6-5-12-8(10-6)7-2-1-3-11-7/h1-3,5H. The summed E-state index contributed by atoms with van der Waals surface area (Å²) in [6.07, 6.45) is 2.81. The van der Waals surface area contributed by atoms with E-state index in [2.05, 4.69) is 4.98 Å². The number of furan rings is 1. The van der Waals surface area contributed by atoms with Gasteiger partial charge in [0.25, 0.3) is 5.89 Å². The molecular formula is C8H4N2O2. The minimum absolute atomic E-state index is 0.251. The molecule has 0 saturated heterocycles. The molecule has 0 amide bonds. The van der Waals surface area contributed by atoms with Crippen LogP contribution in [0.5, 0.6) is 0 Å². The molecule has 0 atom stereocenters. The first kappa shape index (κ1) is 6.68. The molecule has 2 aromatic rings. The van der Waals surface area contributed by atoms with Crippen LogP contribution in [0.3, 0.4) is 0 Å². The Hall–Kier alpha value is -2.02. The van der Waals surface area contributed by atoms with Crippen molar-refractivity contribution >= 4 is 0 Å². The maximum absolute atomic E-state index is 8.45. The van der Waals surface area contributed by atoms with Crippen molar-refractivity contribution in [3.63, 3.8) is 0 Å². The molecule has 0 aliphatic carbocycles. The molecular weight excluding hydrogens is 156 g/mol. The molecule has 4 nitrogen and oxygen atoms in total. The lowest BCUT2D eigenvalue weighted by Gasteiger charge is -1.83. The quantitative estimate of drug-likeness (QED) is 0.638. The van der Waals surface area contributed by atoms with Crippen LogP contribution in [0.4, 0.5) is 0 Å². The van der Waals surface area contributed by atoms with Crippen molar-refractivity contribution < 1.29 is 8.83 Å². The van der Waals surface area contributed by atoms with E-state index in [9.17, 15) is 0 Å². The van der Waals surface area contributed by atoms with Crippen LogP contribution in [0, 0.1) is 11.3 Å². The second-order valence-electron chi connectivity index (χ2n) is 2.13. The Morgan fingerprint density at radius 3 is 2.92 bits per heavy atom. The van der Waals surface area contributed by atoms with E-state index < -0.39 is 0 Å². The third kappa shape index (κ3) is 0.974. The molecule has 12 heavy (non-hydrogen) atoms. The zero-order chi connectivity index (χ0) is 8.39. The van der Waals surface area contributed by atoms with Crippen LogP contribution >= 0.6 is 0 Å². The summed E-state index contributed by atoms with van der Waals surface area (Å²) in [7, 11) is 0. The minimum atomic E-state index is 0.251. The second kappa shape index (κ2) is 2.55. The molecule has 0 fully saturated rings. The van der Waals surface area contributed by atoms with Gasteiger partial charge in [-0.05, 0) is 12.1 Å². The van der Waals surface area contributed by atoms with Crippen LogP contribution < -0.4 is 0 Å². The summed E-state index contributed by atoms with van der Waals surface area (Å²) in [5.41, 5.74) is 0.251. The lowest BCUT2D eigenvalue weighted by molar-refractivity contribution is 0.517. The number of oxazole rings is 1. The Balaban J connectivity index is 2.44. The van der Waals surface area contributed by atoms with Gasteiger partial charge in [-0.15, -0.1) is 0 Å².